The molecule has 2 aromatic rings. The summed E-state index contributed by atoms with van der Waals surface area (Å²) in [5, 5.41) is 12.1. The molecule has 0 radical (unpaired) electrons. The van der Waals surface area contributed by atoms with Crippen LogP contribution < -0.4 is 21.7 Å². The average Bonchev–Trinajstić information content (AvgIpc) is 3.27. The van der Waals surface area contributed by atoms with E-state index in [1.165, 1.54) is 0 Å². The van der Waals surface area contributed by atoms with Crippen LogP contribution in [-0.4, -0.2) is 42.1 Å². The van der Waals surface area contributed by atoms with Crippen molar-refractivity contribution in [2.45, 2.75) is 31.8 Å². The molecule has 1 saturated heterocycles. The smallest absolute Gasteiger partial charge is 0.320 e. The molecule has 9 heteroatoms. The molecule has 0 saturated carbocycles. The predicted octanol–water partition coefficient (Wildman–Crippen LogP) is 2.14. The van der Waals surface area contributed by atoms with Gasteiger partial charge in [-0.1, -0.05) is 29.8 Å². The fraction of sp³-hybridized carbons (Fsp3) is 0.318. The van der Waals surface area contributed by atoms with Crippen LogP contribution in [0.1, 0.15) is 34.3 Å². The Morgan fingerprint density at radius 3 is 2.48 bits per heavy atom. The van der Waals surface area contributed by atoms with Gasteiger partial charge in [-0.25, -0.2) is 4.99 Å². The number of anilines is 1. The summed E-state index contributed by atoms with van der Waals surface area (Å²) in [6, 6.07) is 11.3. The molecule has 1 fully saturated rings. The topological polar surface area (TPSA) is 134 Å². The van der Waals surface area contributed by atoms with E-state index < -0.39 is 17.9 Å². The molecule has 3 rings (SSSR count). The lowest BCUT2D eigenvalue weighted by atomic mass is 10.0. The average molecular weight is 444 g/mol. The maximum atomic E-state index is 12.4. The SMILES string of the molecule is NC(=NCc1c(Cl)cccc1N1CCCC1)NC(=O)c1ccc(C[C@H](N)C(=O)O)cc1. The highest BCUT2D eigenvalue weighted by molar-refractivity contribution is 6.31. The molecular weight excluding hydrogens is 418 g/mol. The van der Waals surface area contributed by atoms with Crippen LogP contribution in [0.2, 0.25) is 5.02 Å². The Labute approximate surface area is 185 Å². The molecule has 164 valence electrons. The first-order valence-corrected chi connectivity index (χ1v) is 10.4. The fourth-order valence-corrected chi connectivity index (χ4v) is 3.71. The number of aliphatic imine (C=N–C) groups is 1. The number of carbonyl (C=O) groups excluding carboxylic acids is 1. The van der Waals surface area contributed by atoms with E-state index >= 15 is 0 Å². The number of hydrogen-bond donors (Lipinski definition) is 4. The maximum Gasteiger partial charge on any atom is 0.320 e. The summed E-state index contributed by atoms with van der Waals surface area (Å²) in [5.41, 5.74) is 14.5. The molecule has 6 N–H and O–H groups in total. The summed E-state index contributed by atoms with van der Waals surface area (Å²) >= 11 is 6.39. The molecule has 1 aliphatic heterocycles. The number of nitrogens with two attached hydrogens (primary N) is 2. The van der Waals surface area contributed by atoms with Gasteiger partial charge in [-0.2, -0.15) is 0 Å². The number of amides is 1. The molecule has 0 spiro atoms. The van der Waals surface area contributed by atoms with Gasteiger partial charge in [0, 0.05) is 34.9 Å². The van der Waals surface area contributed by atoms with Gasteiger partial charge in [0.25, 0.3) is 5.91 Å². The minimum atomic E-state index is -1.07. The molecule has 2 aromatic carbocycles. The van der Waals surface area contributed by atoms with Gasteiger partial charge in [-0.15, -0.1) is 0 Å². The van der Waals surface area contributed by atoms with Crippen molar-refractivity contribution in [1.82, 2.24) is 5.32 Å². The third kappa shape index (κ3) is 5.96. The Hall–Kier alpha value is -3.10. The van der Waals surface area contributed by atoms with Crippen molar-refractivity contribution < 1.29 is 14.7 Å². The van der Waals surface area contributed by atoms with Gasteiger partial charge in [0.1, 0.15) is 6.04 Å². The lowest BCUT2D eigenvalue weighted by Gasteiger charge is -2.21. The second-order valence-corrected chi connectivity index (χ2v) is 7.84. The minimum Gasteiger partial charge on any atom is -0.480 e. The van der Waals surface area contributed by atoms with E-state index in [0.717, 1.165) is 42.7 Å². The molecule has 1 heterocycles. The van der Waals surface area contributed by atoms with Gasteiger partial charge in [0.05, 0.1) is 6.54 Å². The third-order valence-electron chi connectivity index (χ3n) is 5.18. The third-order valence-corrected chi connectivity index (χ3v) is 5.53. The van der Waals surface area contributed by atoms with Crippen LogP contribution >= 0.6 is 11.6 Å². The molecular formula is C22H26ClN5O3. The highest BCUT2D eigenvalue weighted by atomic mass is 35.5. The van der Waals surface area contributed by atoms with Gasteiger partial charge in [-0.05, 0) is 49.1 Å². The monoisotopic (exact) mass is 443 g/mol. The van der Waals surface area contributed by atoms with E-state index in [4.69, 9.17) is 28.2 Å². The number of guanidine groups is 1. The van der Waals surface area contributed by atoms with Gasteiger partial charge in [0.15, 0.2) is 5.96 Å². The van der Waals surface area contributed by atoms with E-state index in [1.54, 1.807) is 24.3 Å². The minimum absolute atomic E-state index is 0.00531. The van der Waals surface area contributed by atoms with Crippen LogP contribution in [0.5, 0.6) is 0 Å². The Kier molecular flexibility index (Phi) is 7.49. The summed E-state index contributed by atoms with van der Waals surface area (Å²) < 4.78 is 0. The van der Waals surface area contributed by atoms with Crippen molar-refractivity contribution in [1.29, 1.82) is 0 Å². The Morgan fingerprint density at radius 2 is 1.84 bits per heavy atom. The number of benzene rings is 2. The highest BCUT2D eigenvalue weighted by Crippen LogP contribution is 2.30. The van der Waals surface area contributed by atoms with Gasteiger partial charge in [-0.3, -0.25) is 14.9 Å². The normalized spacial score (nSPS) is 15.0. The maximum absolute atomic E-state index is 12.4. The van der Waals surface area contributed by atoms with E-state index in [1.807, 2.05) is 18.2 Å². The molecule has 8 nitrogen and oxygen atoms in total. The molecule has 0 unspecified atom stereocenters. The first-order valence-electron chi connectivity index (χ1n) is 10.1. The first-order chi connectivity index (χ1) is 14.8. The van der Waals surface area contributed by atoms with Gasteiger partial charge >= 0.3 is 5.97 Å². The Morgan fingerprint density at radius 1 is 1.16 bits per heavy atom. The Bertz CT molecular complexity index is 972. The number of nitrogens with one attached hydrogen (secondary N) is 1. The van der Waals surface area contributed by atoms with Crippen molar-refractivity contribution in [2.75, 3.05) is 18.0 Å². The van der Waals surface area contributed by atoms with Crippen LogP contribution in [-0.2, 0) is 17.8 Å². The number of aliphatic carboxylic acids is 1. The van der Waals surface area contributed by atoms with Crippen LogP contribution in [0.25, 0.3) is 0 Å². The van der Waals surface area contributed by atoms with Crippen LogP contribution in [0.4, 0.5) is 5.69 Å². The van der Waals surface area contributed by atoms with E-state index in [0.29, 0.717) is 10.6 Å². The van der Waals surface area contributed by atoms with Crippen molar-refractivity contribution in [3.05, 3.63) is 64.2 Å². The molecule has 1 amide bonds. The zero-order valence-electron chi connectivity index (χ0n) is 17.1. The van der Waals surface area contributed by atoms with Crippen LogP contribution in [0.15, 0.2) is 47.5 Å². The second-order valence-electron chi connectivity index (χ2n) is 7.43. The summed E-state index contributed by atoms with van der Waals surface area (Å²) in [4.78, 5) is 29.9. The van der Waals surface area contributed by atoms with Crippen LogP contribution in [0.3, 0.4) is 0 Å². The summed E-state index contributed by atoms with van der Waals surface area (Å²) in [7, 11) is 0. The van der Waals surface area contributed by atoms with Crippen molar-refractivity contribution in [3.8, 4) is 0 Å². The highest BCUT2D eigenvalue weighted by Gasteiger charge is 2.17. The summed E-state index contributed by atoms with van der Waals surface area (Å²) in [6.07, 6.45) is 2.47. The van der Waals surface area contributed by atoms with Crippen molar-refractivity contribution in [3.63, 3.8) is 0 Å². The molecule has 0 bridgehead atoms. The number of carboxylic acids is 1. The van der Waals surface area contributed by atoms with Crippen molar-refractivity contribution in [2.24, 2.45) is 16.5 Å². The number of hydrogen-bond acceptors (Lipinski definition) is 5. The molecule has 1 atom stereocenters. The fourth-order valence-electron chi connectivity index (χ4n) is 3.48. The second kappa shape index (κ2) is 10.3. The number of carbonyl (C=O) groups is 2. The van der Waals surface area contributed by atoms with E-state index in [9.17, 15) is 9.59 Å². The lowest BCUT2D eigenvalue weighted by Crippen LogP contribution is -2.37. The molecule has 1 aliphatic rings. The zero-order valence-corrected chi connectivity index (χ0v) is 17.8. The molecule has 0 aliphatic carbocycles. The predicted molar refractivity (Wildman–Crippen MR) is 121 cm³/mol. The van der Waals surface area contributed by atoms with Gasteiger partial charge < -0.3 is 21.5 Å². The quantitative estimate of drug-likeness (QED) is 0.382. The standard InChI is InChI=1S/C22H26ClN5O3/c23-17-4-3-5-19(28-10-1-2-11-28)16(17)13-26-22(25)27-20(29)15-8-6-14(7-9-15)12-18(24)21(30)31/h3-9,18H,1-2,10-13,24H2,(H,30,31)(H3,25,26,27,29)/t18-/m0/s1. The van der Waals surface area contributed by atoms with E-state index in [2.05, 4.69) is 15.2 Å². The number of nitrogens with zero attached hydrogens (tertiary/aromatic N) is 2. The number of rotatable bonds is 7. The summed E-state index contributed by atoms with van der Waals surface area (Å²) in [5.74, 6) is -1.49. The number of halogens is 1. The van der Waals surface area contributed by atoms with E-state index in [-0.39, 0.29) is 18.9 Å². The Balaban J connectivity index is 1.63. The summed E-state index contributed by atoms with van der Waals surface area (Å²) in [6.45, 7) is 2.22. The molecule has 31 heavy (non-hydrogen) atoms. The van der Waals surface area contributed by atoms with Crippen molar-refractivity contribution >= 4 is 35.1 Å². The molecule has 0 aromatic heterocycles. The van der Waals surface area contributed by atoms with Crippen LogP contribution in [0, 0.1) is 0 Å². The zero-order chi connectivity index (χ0) is 22.4. The lowest BCUT2D eigenvalue weighted by molar-refractivity contribution is -0.138. The largest absolute Gasteiger partial charge is 0.480 e. The first kappa shape index (κ1) is 22.6. The number of carboxylic acid groups (broad SMARTS) is 1. The van der Waals surface area contributed by atoms with Gasteiger partial charge in [0.2, 0.25) is 0 Å².